The number of carbonyl (C=O) groups is 2. The minimum atomic E-state index is -0.0779. The van der Waals surface area contributed by atoms with E-state index in [2.05, 4.69) is 10.6 Å². The molecule has 0 radical (unpaired) electrons. The molecule has 2 aliphatic rings. The van der Waals surface area contributed by atoms with Gasteiger partial charge in [0.2, 0.25) is 5.91 Å². The molecule has 18 heavy (non-hydrogen) atoms. The highest BCUT2D eigenvalue weighted by atomic mass is 16.5. The monoisotopic (exact) mass is 255 g/mol. The van der Waals surface area contributed by atoms with Crippen LogP contribution in [0.5, 0.6) is 0 Å². The van der Waals surface area contributed by atoms with Crippen LogP contribution in [0.4, 0.5) is 4.79 Å². The van der Waals surface area contributed by atoms with Crippen molar-refractivity contribution < 1.29 is 14.3 Å². The molecule has 2 fully saturated rings. The normalized spacial score (nSPS) is 23.6. The lowest BCUT2D eigenvalue weighted by Crippen LogP contribution is -2.50. The Bertz CT molecular complexity index is 318. The van der Waals surface area contributed by atoms with Gasteiger partial charge >= 0.3 is 6.03 Å². The van der Waals surface area contributed by atoms with E-state index in [0.717, 1.165) is 12.8 Å². The van der Waals surface area contributed by atoms with Crippen LogP contribution >= 0.6 is 0 Å². The van der Waals surface area contributed by atoms with E-state index in [1.807, 2.05) is 6.92 Å². The van der Waals surface area contributed by atoms with Gasteiger partial charge in [0.15, 0.2) is 0 Å². The van der Waals surface area contributed by atoms with Gasteiger partial charge in [0.1, 0.15) is 0 Å². The van der Waals surface area contributed by atoms with Crippen LogP contribution in [0.15, 0.2) is 0 Å². The first-order valence-corrected chi connectivity index (χ1v) is 6.59. The van der Waals surface area contributed by atoms with Crippen molar-refractivity contribution >= 4 is 11.9 Å². The Balaban J connectivity index is 1.57. The maximum absolute atomic E-state index is 11.8. The van der Waals surface area contributed by atoms with E-state index in [9.17, 15) is 9.59 Å². The van der Waals surface area contributed by atoms with Gasteiger partial charge in [-0.15, -0.1) is 0 Å². The van der Waals surface area contributed by atoms with Crippen LogP contribution in [0.1, 0.15) is 19.8 Å². The van der Waals surface area contributed by atoms with Gasteiger partial charge in [-0.25, -0.2) is 4.79 Å². The Morgan fingerprint density at radius 1 is 1.28 bits per heavy atom. The van der Waals surface area contributed by atoms with Gasteiger partial charge in [0, 0.05) is 32.1 Å². The van der Waals surface area contributed by atoms with Crippen LogP contribution in [0.3, 0.4) is 0 Å². The molecule has 1 unspecified atom stereocenters. The fourth-order valence-electron chi connectivity index (χ4n) is 1.96. The van der Waals surface area contributed by atoms with E-state index in [-0.39, 0.29) is 24.0 Å². The first kappa shape index (κ1) is 13.1. The summed E-state index contributed by atoms with van der Waals surface area (Å²) in [5, 5.41) is 5.62. The highest BCUT2D eigenvalue weighted by Crippen LogP contribution is 2.28. The summed E-state index contributed by atoms with van der Waals surface area (Å²) in [4.78, 5) is 24.9. The number of hydrogen-bond acceptors (Lipinski definition) is 3. The molecule has 2 rings (SSSR count). The molecule has 1 aliphatic carbocycles. The zero-order valence-electron chi connectivity index (χ0n) is 10.8. The van der Waals surface area contributed by atoms with Gasteiger partial charge < -0.3 is 20.3 Å². The summed E-state index contributed by atoms with van der Waals surface area (Å²) in [5.41, 5.74) is 0. The zero-order chi connectivity index (χ0) is 13.0. The van der Waals surface area contributed by atoms with Crippen LogP contribution < -0.4 is 10.6 Å². The van der Waals surface area contributed by atoms with E-state index >= 15 is 0 Å². The average Bonchev–Trinajstić information content (AvgIpc) is 3.18. The van der Waals surface area contributed by atoms with Gasteiger partial charge in [0.25, 0.3) is 0 Å². The molecule has 1 heterocycles. The molecule has 6 heteroatoms. The van der Waals surface area contributed by atoms with Crippen molar-refractivity contribution in [1.82, 2.24) is 15.5 Å². The number of urea groups is 1. The maximum atomic E-state index is 11.8. The molecule has 0 aromatic rings. The number of ether oxygens (including phenoxy) is 1. The Kier molecular flexibility index (Phi) is 4.41. The Hall–Kier alpha value is -1.30. The van der Waals surface area contributed by atoms with E-state index in [0.29, 0.717) is 32.8 Å². The lowest BCUT2D eigenvalue weighted by molar-refractivity contribution is -0.122. The van der Waals surface area contributed by atoms with Crippen molar-refractivity contribution in [3.8, 4) is 0 Å². The lowest BCUT2D eigenvalue weighted by Gasteiger charge is -2.31. The second-order valence-corrected chi connectivity index (χ2v) is 4.92. The van der Waals surface area contributed by atoms with Crippen molar-refractivity contribution in [2.24, 2.45) is 5.92 Å². The molecule has 3 amide bonds. The largest absolute Gasteiger partial charge is 0.375 e. The van der Waals surface area contributed by atoms with Crippen molar-refractivity contribution in [2.45, 2.75) is 25.9 Å². The first-order chi connectivity index (χ1) is 8.66. The smallest absolute Gasteiger partial charge is 0.317 e. The summed E-state index contributed by atoms with van der Waals surface area (Å²) >= 11 is 0. The molecule has 6 nitrogen and oxygen atoms in total. The molecule has 1 atom stereocenters. The second kappa shape index (κ2) is 6.04. The number of morpholine rings is 1. The molecule has 1 saturated heterocycles. The number of nitrogens with one attached hydrogen (secondary N) is 2. The number of hydrogen-bond donors (Lipinski definition) is 2. The fourth-order valence-corrected chi connectivity index (χ4v) is 1.96. The van der Waals surface area contributed by atoms with Crippen molar-refractivity contribution in [3.63, 3.8) is 0 Å². The topological polar surface area (TPSA) is 70.7 Å². The summed E-state index contributed by atoms with van der Waals surface area (Å²) in [7, 11) is 0. The van der Waals surface area contributed by atoms with Gasteiger partial charge in [-0.2, -0.15) is 0 Å². The van der Waals surface area contributed by atoms with E-state index in [1.54, 1.807) is 4.90 Å². The Labute approximate surface area is 107 Å². The minimum absolute atomic E-state index is 0.0779. The predicted octanol–water partition coefficient (Wildman–Crippen LogP) is -0.0571. The van der Waals surface area contributed by atoms with Crippen LogP contribution in [-0.4, -0.2) is 55.7 Å². The third-order valence-electron chi connectivity index (χ3n) is 3.18. The van der Waals surface area contributed by atoms with Crippen molar-refractivity contribution in [2.75, 3.05) is 32.8 Å². The van der Waals surface area contributed by atoms with Crippen LogP contribution in [0, 0.1) is 5.92 Å². The molecule has 1 aliphatic heterocycles. The third kappa shape index (κ3) is 3.87. The van der Waals surface area contributed by atoms with Gasteiger partial charge in [-0.05, 0) is 19.8 Å². The summed E-state index contributed by atoms with van der Waals surface area (Å²) < 4.78 is 5.37. The highest BCUT2D eigenvalue weighted by molar-refractivity contribution is 5.80. The maximum Gasteiger partial charge on any atom is 0.317 e. The fraction of sp³-hybridized carbons (Fsp3) is 0.833. The van der Waals surface area contributed by atoms with E-state index < -0.39 is 0 Å². The zero-order valence-corrected chi connectivity index (χ0v) is 10.8. The van der Waals surface area contributed by atoms with E-state index in [1.165, 1.54) is 0 Å². The molecular formula is C12H21N3O3. The molecule has 2 N–H and O–H groups in total. The van der Waals surface area contributed by atoms with Crippen LogP contribution in [0.25, 0.3) is 0 Å². The van der Waals surface area contributed by atoms with E-state index in [4.69, 9.17) is 4.74 Å². The van der Waals surface area contributed by atoms with Gasteiger partial charge in [0.05, 0.1) is 12.7 Å². The Morgan fingerprint density at radius 2 is 2.00 bits per heavy atom. The summed E-state index contributed by atoms with van der Waals surface area (Å²) in [6.07, 6.45) is 2.10. The van der Waals surface area contributed by atoms with Crippen LogP contribution in [-0.2, 0) is 9.53 Å². The average molecular weight is 255 g/mol. The summed E-state index contributed by atoms with van der Waals surface area (Å²) in [6, 6.07) is -0.0779. The standard InChI is InChI=1S/C12H21N3O3/c1-9-8-15(6-7-18-9)12(17)14-5-4-13-11(16)10-2-3-10/h9-10H,2-8H2,1H3,(H,13,16)(H,14,17). The Morgan fingerprint density at radius 3 is 2.67 bits per heavy atom. The number of nitrogens with zero attached hydrogens (tertiary/aromatic N) is 1. The molecular weight excluding hydrogens is 234 g/mol. The second-order valence-electron chi connectivity index (χ2n) is 4.92. The molecule has 0 bridgehead atoms. The number of rotatable bonds is 4. The highest BCUT2D eigenvalue weighted by Gasteiger charge is 2.29. The van der Waals surface area contributed by atoms with Crippen molar-refractivity contribution in [3.05, 3.63) is 0 Å². The number of carbonyl (C=O) groups excluding carboxylic acids is 2. The summed E-state index contributed by atoms with van der Waals surface area (Å²) in [5.74, 6) is 0.338. The molecule has 1 saturated carbocycles. The lowest BCUT2D eigenvalue weighted by atomic mass is 10.3. The molecule has 0 aromatic heterocycles. The molecule has 102 valence electrons. The predicted molar refractivity (Wildman–Crippen MR) is 66.1 cm³/mol. The van der Waals surface area contributed by atoms with Crippen LogP contribution in [0.2, 0.25) is 0 Å². The SMILES string of the molecule is CC1CN(C(=O)NCCNC(=O)C2CC2)CCO1. The third-order valence-corrected chi connectivity index (χ3v) is 3.18. The van der Waals surface area contributed by atoms with Crippen molar-refractivity contribution in [1.29, 1.82) is 0 Å². The molecule has 0 aromatic carbocycles. The minimum Gasteiger partial charge on any atom is -0.375 e. The van der Waals surface area contributed by atoms with Gasteiger partial charge in [-0.3, -0.25) is 4.79 Å². The van der Waals surface area contributed by atoms with Gasteiger partial charge in [-0.1, -0.05) is 0 Å². The summed E-state index contributed by atoms with van der Waals surface area (Å²) in [6.45, 7) is 4.77. The quantitative estimate of drug-likeness (QED) is 0.692. The number of amides is 3. The first-order valence-electron chi connectivity index (χ1n) is 6.59. The molecule has 0 spiro atoms.